The Bertz CT molecular complexity index is 1000. The van der Waals surface area contributed by atoms with Gasteiger partial charge in [-0.3, -0.25) is 9.59 Å². The van der Waals surface area contributed by atoms with Crippen molar-refractivity contribution in [1.82, 2.24) is 10.2 Å². The van der Waals surface area contributed by atoms with Crippen LogP contribution in [0, 0.1) is 11.8 Å². The molecule has 0 radical (unpaired) electrons. The van der Waals surface area contributed by atoms with E-state index < -0.39 is 12.1 Å². The molecular weight excluding hydrogens is 432 g/mol. The zero-order valence-corrected chi connectivity index (χ0v) is 19.5. The van der Waals surface area contributed by atoms with Gasteiger partial charge in [-0.2, -0.15) is 0 Å². The SMILES string of the molecule is CC(CCC(=O)N1CC(CCC(=O)O)C1)CNC(=O)OCC1c2ccccc2-c2ccccc21. The average molecular weight is 465 g/mol. The van der Waals surface area contributed by atoms with Crippen LogP contribution in [0.25, 0.3) is 11.1 Å². The van der Waals surface area contributed by atoms with Crippen molar-refractivity contribution in [3.05, 3.63) is 59.7 Å². The highest BCUT2D eigenvalue weighted by Crippen LogP contribution is 2.44. The van der Waals surface area contributed by atoms with E-state index in [9.17, 15) is 14.4 Å². The largest absolute Gasteiger partial charge is 0.481 e. The molecule has 34 heavy (non-hydrogen) atoms. The summed E-state index contributed by atoms with van der Waals surface area (Å²) in [5.74, 6) is -0.215. The predicted octanol–water partition coefficient (Wildman–Crippen LogP) is 4.26. The van der Waals surface area contributed by atoms with Gasteiger partial charge in [0.15, 0.2) is 0 Å². The van der Waals surface area contributed by atoms with Crippen molar-refractivity contribution < 1.29 is 24.2 Å². The number of nitrogens with zero attached hydrogens (tertiary/aromatic N) is 1. The molecular formula is C27H32N2O5. The number of aliphatic carboxylic acids is 1. The third-order valence-corrected chi connectivity index (χ3v) is 6.87. The molecule has 0 spiro atoms. The monoisotopic (exact) mass is 464 g/mol. The van der Waals surface area contributed by atoms with Gasteiger partial charge in [-0.05, 0) is 46.9 Å². The van der Waals surface area contributed by atoms with E-state index in [4.69, 9.17) is 9.84 Å². The highest BCUT2D eigenvalue weighted by molar-refractivity contribution is 5.79. The summed E-state index contributed by atoms with van der Waals surface area (Å²) in [6, 6.07) is 16.5. The first-order valence-corrected chi connectivity index (χ1v) is 12.0. The van der Waals surface area contributed by atoms with E-state index in [2.05, 4.69) is 29.6 Å². The number of carboxylic acids is 1. The highest BCUT2D eigenvalue weighted by atomic mass is 16.5. The Morgan fingerprint density at radius 3 is 2.26 bits per heavy atom. The van der Waals surface area contributed by atoms with Crippen molar-refractivity contribution in [1.29, 1.82) is 0 Å². The maximum Gasteiger partial charge on any atom is 0.407 e. The fourth-order valence-corrected chi connectivity index (χ4v) is 4.82. The number of benzene rings is 2. The Hall–Kier alpha value is -3.35. The van der Waals surface area contributed by atoms with Gasteiger partial charge in [0.05, 0.1) is 0 Å². The standard InChI is InChI=1S/C27H32N2O5/c1-18(10-12-25(30)29-15-19(16-29)11-13-26(31)32)14-28-27(33)34-17-24-22-8-4-2-6-20(22)21-7-3-5-9-23(21)24/h2-9,18-19,24H,10-17H2,1H3,(H,28,33)(H,31,32). The van der Waals surface area contributed by atoms with Crippen molar-refractivity contribution in [2.45, 2.75) is 38.5 Å². The zero-order chi connectivity index (χ0) is 24.1. The zero-order valence-electron chi connectivity index (χ0n) is 19.5. The van der Waals surface area contributed by atoms with E-state index in [1.807, 2.05) is 31.2 Å². The van der Waals surface area contributed by atoms with Gasteiger partial charge in [-0.25, -0.2) is 4.79 Å². The van der Waals surface area contributed by atoms with Crippen LogP contribution in [-0.4, -0.2) is 54.2 Å². The summed E-state index contributed by atoms with van der Waals surface area (Å²) in [6.07, 6.45) is 1.45. The molecule has 2 aromatic carbocycles. The average Bonchev–Trinajstić information content (AvgIpc) is 3.12. The van der Waals surface area contributed by atoms with Gasteiger partial charge in [0.2, 0.25) is 5.91 Å². The number of carbonyl (C=O) groups excluding carboxylic acids is 2. The molecule has 0 saturated carbocycles. The molecule has 1 atom stereocenters. The van der Waals surface area contributed by atoms with Gasteiger partial charge < -0.3 is 20.1 Å². The summed E-state index contributed by atoms with van der Waals surface area (Å²) in [4.78, 5) is 37.0. The summed E-state index contributed by atoms with van der Waals surface area (Å²) >= 11 is 0. The van der Waals surface area contributed by atoms with Crippen LogP contribution in [0.5, 0.6) is 0 Å². The first-order valence-electron chi connectivity index (χ1n) is 12.0. The van der Waals surface area contributed by atoms with Crippen LogP contribution in [0.15, 0.2) is 48.5 Å². The Labute approximate surface area is 200 Å². The molecule has 2 aliphatic rings. The lowest BCUT2D eigenvalue weighted by atomic mass is 9.93. The summed E-state index contributed by atoms with van der Waals surface area (Å²) in [5, 5.41) is 11.6. The summed E-state index contributed by atoms with van der Waals surface area (Å²) in [5.41, 5.74) is 4.75. The van der Waals surface area contributed by atoms with E-state index in [0.29, 0.717) is 44.8 Å². The van der Waals surface area contributed by atoms with Crippen LogP contribution in [0.1, 0.15) is 49.7 Å². The molecule has 2 aromatic rings. The molecule has 7 nitrogen and oxygen atoms in total. The number of carbonyl (C=O) groups is 3. The second-order valence-electron chi connectivity index (χ2n) is 9.45. The second-order valence-corrected chi connectivity index (χ2v) is 9.45. The van der Waals surface area contributed by atoms with E-state index in [-0.39, 0.29) is 30.8 Å². The van der Waals surface area contributed by atoms with Gasteiger partial charge in [-0.15, -0.1) is 0 Å². The number of ether oxygens (including phenoxy) is 1. The Balaban J connectivity index is 1.15. The van der Waals surface area contributed by atoms with Gasteiger partial charge >= 0.3 is 12.1 Å². The van der Waals surface area contributed by atoms with Crippen molar-refractivity contribution >= 4 is 18.0 Å². The quantitative estimate of drug-likeness (QED) is 0.548. The maximum atomic E-state index is 12.3. The molecule has 1 aliphatic heterocycles. The lowest BCUT2D eigenvalue weighted by Gasteiger charge is -2.39. The first-order chi connectivity index (χ1) is 16.4. The third-order valence-electron chi connectivity index (χ3n) is 6.87. The molecule has 1 aliphatic carbocycles. The van der Waals surface area contributed by atoms with Crippen LogP contribution in [0.4, 0.5) is 4.79 Å². The Morgan fingerprint density at radius 1 is 1.03 bits per heavy atom. The van der Waals surface area contributed by atoms with E-state index in [1.165, 1.54) is 22.3 Å². The highest BCUT2D eigenvalue weighted by Gasteiger charge is 2.31. The van der Waals surface area contributed by atoms with E-state index in [0.717, 1.165) is 0 Å². The topological polar surface area (TPSA) is 95.9 Å². The molecule has 7 heteroatoms. The summed E-state index contributed by atoms with van der Waals surface area (Å²) < 4.78 is 5.56. The summed E-state index contributed by atoms with van der Waals surface area (Å²) in [7, 11) is 0. The minimum absolute atomic E-state index is 0.0315. The van der Waals surface area contributed by atoms with E-state index >= 15 is 0 Å². The molecule has 2 N–H and O–H groups in total. The van der Waals surface area contributed by atoms with Gasteiger partial charge in [-0.1, -0.05) is 55.5 Å². The molecule has 0 aromatic heterocycles. The third kappa shape index (κ3) is 5.58. The number of alkyl carbamates (subject to hydrolysis) is 1. The number of hydrogen-bond donors (Lipinski definition) is 2. The van der Waals surface area contributed by atoms with Crippen LogP contribution in [0.2, 0.25) is 0 Å². The van der Waals surface area contributed by atoms with Gasteiger partial charge in [0.25, 0.3) is 0 Å². The van der Waals surface area contributed by atoms with E-state index in [1.54, 1.807) is 4.90 Å². The Kier molecular flexibility index (Phi) is 7.50. The number of fused-ring (bicyclic) bond motifs is 3. The number of nitrogens with one attached hydrogen (secondary N) is 1. The number of likely N-dealkylation sites (tertiary alicyclic amines) is 1. The molecule has 1 fully saturated rings. The first kappa shape index (κ1) is 23.8. The molecule has 4 rings (SSSR count). The molecule has 180 valence electrons. The minimum atomic E-state index is -0.789. The van der Waals surface area contributed by atoms with Crippen molar-refractivity contribution in [3.8, 4) is 11.1 Å². The predicted molar refractivity (Wildman–Crippen MR) is 128 cm³/mol. The molecule has 1 heterocycles. The number of hydrogen-bond acceptors (Lipinski definition) is 4. The normalized spacial score (nSPS) is 15.7. The lowest BCUT2D eigenvalue weighted by molar-refractivity contribution is -0.139. The molecule has 2 amide bonds. The van der Waals surface area contributed by atoms with Crippen LogP contribution in [-0.2, 0) is 14.3 Å². The fourth-order valence-electron chi connectivity index (χ4n) is 4.82. The van der Waals surface area contributed by atoms with Crippen LogP contribution < -0.4 is 5.32 Å². The molecule has 1 unspecified atom stereocenters. The Morgan fingerprint density at radius 2 is 1.65 bits per heavy atom. The molecule has 0 bridgehead atoms. The maximum absolute atomic E-state index is 12.3. The number of amides is 2. The number of rotatable bonds is 10. The molecule has 1 saturated heterocycles. The van der Waals surface area contributed by atoms with Crippen LogP contribution in [0.3, 0.4) is 0 Å². The van der Waals surface area contributed by atoms with Crippen LogP contribution >= 0.6 is 0 Å². The lowest BCUT2D eigenvalue weighted by Crippen LogP contribution is -2.50. The smallest absolute Gasteiger partial charge is 0.407 e. The van der Waals surface area contributed by atoms with Crippen molar-refractivity contribution in [3.63, 3.8) is 0 Å². The van der Waals surface area contributed by atoms with Gasteiger partial charge in [0.1, 0.15) is 6.61 Å². The van der Waals surface area contributed by atoms with Crippen molar-refractivity contribution in [2.75, 3.05) is 26.2 Å². The minimum Gasteiger partial charge on any atom is -0.481 e. The summed E-state index contributed by atoms with van der Waals surface area (Å²) in [6.45, 7) is 4.04. The van der Waals surface area contributed by atoms with Gasteiger partial charge in [0, 0.05) is 38.4 Å². The number of carboxylic acid groups (broad SMARTS) is 1. The second kappa shape index (κ2) is 10.7. The van der Waals surface area contributed by atoms with Crippen molar-refractivity contribution in [2.24, 2.45) is 11.8 Å². The fraction of sp³-hybridized carbons (Fsp3) is 0.444.